The number of carbonyl (C=O) groups excluding carboxylic acids is 2. The van der Waals surface area contributed by atoms with Gasteiger partial charge in [-0.15, -0.1) is 0 Å². The minimum absolute atomic E-state index is 0.0516. The van der Waals surface area contributed by atoms with Gasteiger partial charge in [0.15, 0.2) is 0 Å². The predicted molar refractivity (Wildman–Crippen MR) is 111 cm³/mol. The summed E-state index contributed by atoms with van der Waals surface area (Å²) in [6.07, 6.45) is 1.12. The summed E-state index contributed by atoms with van der Waals surface area (Å²) in [5, 5.41) is 2.57. The molecule has 2 aromatic rings. The number of carbonyl (C=O) groups is 2. The van der Waals surface area contributed by atoms with Gasteiger partial charge < -0.3 is 20.7 Å². The number of nitrogens with two attached hydrogens (primary N) is 1. The van der Waals surface area contributed by atoms with Gasteiger partial charge in [-0.1, -0.05) is 0 Å². The van der Waals surface area contributed by atoms with E-state index in [0.29, 0.717) is 18.7 Å². The zero-order valence-corrected chi connectivity index (χ0v) is 17.7. The molecule has 0 bridgehead atoms. The average Bonchev–Trinajstić information content (AvgIpc) is 3.05. The van der Waals surface area contributed by atoms with Crippen LogP contribution in [-0.4, -0.2) is 47.6 Å². The third-order valence-corrected chi connectivity index (χ3v) is 5.86. The first-order valence-electron chi connectivity index (χ1n) is 10.3. The molecule has 0 radical (unpaired) electrons. The van der Waals surface area contributed by atoms with Crippen LogP contribution in [0.4, 0.5) is 28.0 Å². The Balaban J connectivity index is 1.74. The summed E-state index contributed by atoms with van der Waals surface area (Å²) in [7, 11) is 0. The molecule has 0 unspecified atom stereocenters. The van der Waals surface area contributed by atoms with Crippen molar-refractivity contribution in [1.29, 1.82) is 0 Å². The number of rotatable bonds is 5. The van der Waals surface area contributed by atoms with Gasteiger partial charge >= 0.3 is 6.09 Å². The first-order chi connectivity index (χ1) is 15.4. The molecule has 176 valence electrons. The van der Waals surface area contributed by atoms with Crippen LogP contribution in [0.5, 0.6) is 0 Å². The molecule has 1 aliphatic carbocycles. The summed E-state index contributed by atoms with van der Waals surface area (Å²) in [4.78, 5) is 30.1. The SMILES string of the molecule is C[C@]1(OC(N)=O)CCN(c2c(C(=O)NC3CC(F)(F)C3)cncc2-c2cc(F)cc(F)c2)C1. The van der Waals surface area contributed by atoms with E-state index in [1.165, 1.54) is 12.4 Å². The maximum absolute atomic E-state index is 14.0. The van der Waals surface area contributed by atoms with E-state index in [0.717, 1.165) is 18.2 Å². The predicted octanol–water partition coefficient (Wildman–Crippen LogP) is 3.62. The Labute approximate surface area is 186 Å². The number of pyridine rings is 1. The fourth-order valence-corrected chi connectivity index (χ4v) is 4.36. The number of nitrogens with zero attached hydrogens (tertiary/aromatic N) is 2. The van der Waals surface area contributed by atoms with E-state index in [9.17, 15) is 27.2 Å². The van der Waals surface area contributed by atoms with Gasteiger partial charge in [-0.05, 0) is 24.6 Å². The van der Waals surface area contributed by atoms with Crippen LogP contribution >= 0.6 is 0 Å². The number of primary amides is 1. The van der Waals surface area contributed by atoms with Gasteiger partial charge in [-0.25, -0.2) is 22.4 Å². The Bertz CT molecular complexity index is 1080. The lowest BCUT2D eigenvalue weighted by atomic mass is 9.88. The first kappa shape index (κ1) is 22.8. The fraction of sp³-hybridized carbons (Fsp3) is 0.409. The Morgan fingerprint density at radius 3 is 2.45 bits per heavy atom. The number of benzene rings is 1. The normalized spacial score (nSPS) is 22.0. The number of anilines is 1. The lowest BCUT2D eigenvalue weighted by Crippen LogP contribution is -2.50. The quantitative estimate of drug-likeness (QED) is 0.656. The highest BCUT2D eigenvalue weighted by Gasteiger charge is 2.46. The lowest BCUT2D eigenvalue weighted by molar-refractivity contribution is -0.0901. The summed E-state index contributed by atoms with van der Waals surface area (Å²) >= 11 is 0. The number of hydrogen-bond acceptors (Lipinski definition) is 5. The molecule has 7 nitrogen and oxygen atoms in total. The topological polar surface area (TPSA) is 97.5 Å². The van der Waals surface area contributed by atoms with Crippen molar-refractivity contribution in [2.75, 3.05) is 18.0 Å². The number of ether oxygens (including phenoxy) is 1. The second-order valence-corrected chi connectivity index (χ2v) is 8.72. The number of halogens is 4. The van der Waals surface area contributed by atoms with Gasteiger partial charge in [0, 0.05) is 55.9 Å². The highest BCUT2D eigenvalue weighted by atomic mass is 19.3. The van der Waals surface area contributed by atoms with Gasteiger partial charge in [0.1, 0.15) is 17.2 Å². The van der Waals surface area contributed by atoms with Gasteiger partial charge in [0.25, 0.3) is 11.8 Å². The van der Waals surface area contributed by atoms with E-state index < -0.39 is 54.0 Å². The molecule has 1 atom stereocenters. The molecule has 1 saturated heterocycles. The molecule has 1 aromatic heterocycles. The monoisotopic (exact) mass is 466 g/mol. The molecule has 1 saturated carbocycles. The summed E-state index contributed by atoms with van der Waals surface area (Å²) in [5.74, 6) is -5.08. The van der Waals surface area contributed by atoms with Crippen LogP contribution in [0.25, 0.3) is 11.1 Å². The van der Waals surface area contributed by atoms with E-state index in [1.807, 2.05) is 0 Å². The Morgan fingerprint density at radius 2 is 1.85 bits per heavy atom. The fourth-order valence-electron chi connectivity index (χ4n) is 4.36. The van der Waals surface area contributed by atoms with Gasteiger partial charge in [0.2, 0.25) is 0 Å². The van der Waals surface area contributed by atoms with Crippen molar-refractivity contribution in [3.8, 4) is 11.1 Å². The Morgan fingerprint density at radius 1 is 1.18 bits per heavy atom. The third-order valence-electron chi connectivity index (χ3n) is 5.86. The average molecular weight is 466 g/mol. The second-order valence-electron chi connectivity index (χ2n) is 8.72. The van der Waals surface area contributed by atoms with Crippen molar-refractivity contribution in [2.24, 2.45) is 5.73 Å². The van der Waals surface area contributed by atoms with Crippen molar-refractivity contribution >= 4 is 17.7 Å². The largest absolute Gasteiger partial charge is 0.441 e. The number of aromatic nitrogens is 1. The molecular formula is C22H22F4N4O3. The molecule has 1 aliphatic heterocycles. The second kappa shape index (κ2) is 8.20. The zero-order chi connectivity index (χ0) is 24.0. The maximum atomic E-state index is 14.0. The molecule has 11 heteroatoms. The molecule has 4 rings (SSSR count). The van der Waals surface area contributed by atoms with Crippen molar-refractivity contribution in [1.82, 2.24) is 10.3 Å². The molecule has 2 heterocycles. The van der Waals surface area contributed by atoms with Crippen LogP contribution < -0.4 is 16.0 Å². The highest BCUT2D eigenvalue weighted by Crippen LogP contribution is 2.40. The van der Waals surface area contributed by atoms with Crippen molar-refractivity contribution in [3.63, 3.8) is 0 Å². The molecule has 2 aliphatic rings. The number of alkyl halides is 2. The first-order valence-corrected chi connectivity index (χ1v) is 10.3. The number of nitrogens with one attached hydrogen (secondary N) is 1. The van der Waals surface area contributed by atoms with E-state index >= 15 is 0 Å². The van der Waals surface area contributed by atoms with Crippen LogP contribution in [0.1, 0.15) is 36.5 Å². The van der Waals surface area contributed by atoms with E-state index in [-0.39, 0.29) is 23.2 Å². The third kappa shape index (κ3) is 4.86. The van der Waals surface area contributed by atoms with Crippen LogP contribution in [0.2, 0.25) is 0 Å². The number of amides is 2. The minimum Gasteiger partial charge on any atom is -0.441 e. The van der Waals surface area contributed by atoms with Crippen LogP contribution in [0, 0.1) is 11.6 Å². The summed E-state index contributed by atoms with van der Waals surface area (Å²) in [6, 6.07) is 2.23. The van der Waals surface area contributed by atoms with Crippen molar-refractivity contribution in [3.05, 3.63) is 47.8 Å². The minimum atomic E-state index is -2.82. The Hall–Kier alpha value is -3.37. The molecule has 2 fully saturated rings. The highest BCUT2D eigenvalue weighted by molar-refractivity contribution is 6.03. The van der Waals surface area contributed by atoms with Crippen molar-refractivity contribution < 1.29 is 31.9 Å². The Kier molecular flexibility index (Phi) is 5.67. The number of hydrogen-bond donors (Lipinski definition) is 2. The summed E-state index contributed by atoms with van der Waals surface area (Å²) in [5.41, 5.74) is 4.98. The van der Waals surface area contributed by atoms with Crippen molar-refractivity contribution in [2.45, 2.75) is 43.8 Å². The van der Waals surface area contributed by atoms with Crippen LogP contribution in [0.15, 0.2) is 30.6 Å². The molecule has 3 N–H and O–H groups in total. The molecule has 2 amide bonds. The molecule has 1 aromatic carbocycles. The van der Waals surface area contributed by atoms with E-state index in [1.54, 1.807) is 11.8 Å². The van der Waals surface area contributed by atoms with E-state index in [4.69, 9.17) is 10.5 Å². The summed E-state index contributed by atoms with van der Waals surface area (Å²) in [6.45, 7) is 2.16. The summed E-state index contributed by atoms with van der Waals surface area (Å²) < 4.78 is 59.6. The van der Waals surface area contributed by atoms with Gasteiger partial charge in [-0.3, -0.25) is 9.78 Å². The van der Waals surface area contributed by atoms with E-state index in [2.05, 4.69) is 10.3 Å². The van der Waals surface area contributed by atoms with Gasteiger partial charge in [0.05, 0.1) is 17.8 Å². The zero-order valence-electron chi connectivity index (χ0n) is 17.7. The molecule has 33 heavy (non-hydrogen) atoms. The molecular weight excluding hydrogens is 444 g/mol. The van der Waals surface area contributed by atoms with Gasteiger partial charge in [-0.2, -0.15) is 0 Å². The van der Waals surface area contributed by atoms with Crippen LogP contribution in [-0.2, 0) is 4.74 Å². The van der Waals surface area contributed by atoms with Crippen LogP contribution in [0.3, 0.4) is 0 Å². The maximum Gasteiger partial charge on any atom is 0.405 e. The molecule has 0 spiro atoms. The lowest BCUT2D eigenvalue weighted by Gasteiger charge is -2.35. The smallest absolute Gasteiger partial charge is 0.405 e. The standard InChI is InChI=1S/C22H22F4N4O3/c1-21(33-20(27)32)2-3-30(11-21)18-16(12-4-13(23)6-14(24)5-12)9-28-10-17(18)19(31)29-15-7-22(25,26)8-15/h4-6,9-10,15H,2-3,7-8,11H2,1H3,(H2,27,32)(H,29,31)/t21-/m0/s1.